The van der Waals surface area contributed by atoms with Crippen LogP contribution in [0.15, 0.2) is 10.7 Å². The molecule has 0 bridgehead atoms. The topological polar surface area (TPSA) is 78.1 Å². The van der Waals surface area contributed by atoms with Gasteiger partial charge >= 0.3 is 5.97 Å². The third kappa shape index (κ3) is 2.52. The molecule has 0 aromatic carbocycles. The minimum Gasteiger partial charge on any atom is -0.461 e. The summed E-state index contributed by atoms with van der Waals surface area (Å²) >= 11 is 5.68. The van der Waals surface area contributed by atoms with Gasteiger partial charge in [-0.25, -0.2) is 14.8 Å². The Morgan fingerprint density at radius 3 is 3.06 bits per heavy atom. The Labute approximate surface area is 102 Å². The molecule has 0 spiro atoms. The quantitative estimate of drug-likeness (QED) is 0.782. The van der Waals surface area contributed by atoms with E-state index in [9.17, 15) is 4.79 Å². The van der Waals surface area contributed by atoms with Gasteiger partial charge in [0.1, 0.15) is 5.15 Å². The Morgan fingerprint density at radius 2 is 2.35 bits per heavy atom. The molecule has 17 heavy (non-hydrogen) atoms. The van der Waals surface area contributed by atoms with E-state index >= 15 is 0 Å². The van der Waals surface area contributed by atoms with E-state index in [4.69, 9.17) is 20.9 Å². The predicted molar refractivity (Wildman–Crippen MR) is 59.7 cm³/mol. The lowest BCUT2D eigenvalue weighted by Crippen LogP contribution is -2.11. The molecule has 0 radical (unpaired) electrons. The molecule has 2 aromatic rings. The van der Waals surface area contributed by atoms with Crippen molar-refractivity contribution in [1.82, 2.24) is 15.1 Å². The zero-order chi connectivity index (χ0) is 12.4. The molecule has 0 aliphatic rings. The van der Waals surface area contributed by atoms with Crippen molar-refractivity contribution in [2.45, 2.75) is 13.8 Å². The largest absolute Gasteiger partial charge is 0.461 e. The third-order valence-corrected chi connectivity index (χ3v) is 2.08. The number of esters is 1. The average molecular weight is 256 g/mol. The molecule has 0 fully saturated rings. The van der Waals surface area contributed by atoms with Gasteiger partial charge in [-0.05, 0) is 5.92 Å². The van der Waals surface area contributed by atoms with Crippen molar-refractivity contribution < 1.29 is 14.1 Å². The summed E-state index contributed by atoms with van der Waals surface area (Å²) in [6.07, 6.45) is 1.32. The molecule has 0 atom stereocenters. The van der Waals surface area contributed by atoms with Crippen LogP contribution in [0, 0.1) is 5.92 Å². The van der Waals surface area contributed by atoms with Crippen molar-refractivity contribution in [3.63, 3.8) is 0 Å². The van der Waals surface area contributed by atoms with E-state index in [0.29, 0.717) is 6.61 Å². The number of nitrogens with zero attached hydrogens (tertiary/aromatic N) is 3. The number of hydrogen-bond donors (Lipinski definition) is 0. The molecule has 0 aliphatic heterocycles. The maximum absolute atomic E-state index is 11.7. The SMILES string of the molecule is CC(C)COC(=O)c1noc2ncc(Cl)nc12. The second kappa shape index (κ2) is 4.67. The van der Waals surface area contributed by atoms with E-state index < -0.39 is 5.97 Å². The summed E-state index contributed by atoms with van der Waals surface area (Å²) in [4.78, 5) is 19.5. The van der Waals surface area contributed by atoms with Gasteiger partial charge in [-0.15, -0.1) is 0 Å². The van der Waals surface area contributed by atoms with Crippen LogP contribution in [0.2, 0.25) is 5.15 Å². The summed E-state index contributed by atoms with van der Waals surface area (Å²) < 4.78 is 9.87. The molecular formula is C10H10ClN3O3. The van der Waals surface area contributed by atoms with Crippen molar-refractivity contribution >= 4 is 28.8 Å². The molecule has 0 amide bonds. The normalized spacial score (nSPS) is 11.1. The van der Waals surface area contributed by atoms with Crippen LogP contribution >= 0.6 is 11.6 Å². The van der Waals surface area contributed by atoms with E-state index in [0.717, 1.165) is 0 Å². The molecule has 0 unspecified atom stereocenters. The van der Waals surface area contributed by atoms with E-state index in [2.05, 4.69) is 15.1 Å². The smallest absolute Gasteiger partial charge is 0.362 e. The first-order valence-corrected chi connectivity index (χ1v) is 5.40. The van der Waals surface area contributed by atoms with E-state index in [1.165, 1.54) is 6.20 Å². The van der Waals surface area contributed by atoms with Gasteiger partial charge < -0.3 is 9.26 Å². The van der Waals surface area contributed by atoms with Gasteiger partial charge in [0.15, 0.2) is 5.52 Å². The molecule has 0 aliphatic carbocycles. The number of fused-ring (bicyclic) bond motifs is 1. The van der Waals surface area contributed by atoms with Crippen LogP contribution < -0.4 is 0 Å². The van der Waals surface area contributed by atoms with Crippen molar-refractivity contribution in [2.24, 2.45) is 5.92 Å². The van der Waals surface area contributed by atoms with Crippen LogP contribution in [0.4, 0.5) is 0 Å². The van der Waals surface area contributed by atoms with Gasteiger partial charge in [-0.3, -0.25) is 0 Å². The summed E-state index contributed by atoms with van der Waals surface area (Å²) in [6, 6.07) is 0. The molecule has 90 valence electrons. The minimum absolute atomic E-state index is 0.00403. The maximum Gasteiger partial charge on any atom is 0.362 e. The molecule has 0 saturated carbocycles. The molecule has 6 nitrogen and oxygen atoms in total. The summed E-state index contributed by atoms with van der Waals surface area (Å²) in [6.45, 7) is 4.18. The molecule has 2 rings (SSSR count). The predicted octanol–water partition coefficient (Wildman–Crippen LogP) is 2.08. The molecule has 2 aromatic heterocycles. The second-order valence-corrected chi connectivity index (χ2v) is 4.26. The highest BCUT2D eigenvalue weighted by molar-refractivity contribution is 6.29. The zero-order valence-electron chi connectivity index (χ0n) is 9.31. The maximum atomic E-state index is 11.7. The van der Waals surface area contributed by atoms with Gasteiger partial charge in [0.2, 0.25) is 5.69 Å². The van der Waals surface area contributed by atoms with Crippen LogP contribution in [0.5, 0.6) is 0 Å². The number of carbonyl (C=O) groups excluding carboxylic acids is 1. The lowest BCUT2D eigenvalue weighted by atomic mass is 10.2. The first kappa shape index (κ1) is 11.8. The number of rotatable bonds is 3. The third-order valence-electron chi connectivity index (χ3n) is 1.90. The van der Waals surface area contributed by atoms with Crippen molar-refractivity contribution in [1.29, 1.82) is 0 Å². The summed E-state index contributed by atoms with van der Waals surface area (Å²) in [5.74, 6) is -0.346. The van der Waals surface area contributed by atoms with E-state index in [1.54, 1.807) is 0 Å². The number of carbonyl (C=O) groups is 1. The Bertz CT molecular complexity index is 553. The first-order chi connectivity index (χ1) is 8.08. The zero-order valence-corrected chi connectivity index (χ0v) is 10.1. The van der Waals surface area contributed by atoms with Gasteiger partial charge in [0.05, 0.1) is 12.8 Å². The Kier molecular flexibility index (Phi) is 3.23. The molecule has 7 heteroatoms. The first-order valence-electron chi connectivity index (χ1n) is 5.03. The molecular weight excluding hydrogens is 246 g/mol. The fourth-order valence-electron chi connectivity index (χ4n) is 1.15. The summed E-state index contributed by atoms with van der Waals surface area (Å²) in [5, 5.41) is 3.75. The standard InChI is InChI=1S/C10H10ClN3O3/c1-5(2)4-16-10(15)8-7-9(17-14-8)12-3-6(11)13-7/h3,5H,4H2,1-2H3. The van der Waals surface area contributed by atoms with Gasteiger partial charge in [-0.1, -0.05) is 30.6 Å². The van der Waals surface area contributed by atoms with Crippen molar-refractivity contribution in [2.75, 3.05) is 6.61 Å². The van der Waals surface area contributed by atoms with Gasteiger partial charge in [0, 0.05) is 0 Å². The van der Waals surface area contributed by atoms with Gasteiger partial charge in [-0.2, -0.15) is 0 Å². The second-order valence-electron chi connectivity index (χ2n) is 3.87. The number of hydrogen-bond acceptors (Lipinski definition) is 6. The number of aromatic nitrogens is 3. The van der Waals surface area contributed by atoms with Crippen LogP contribution in [-0.2, 0) is 4.74 Å². The highest BCUT2D eigenvalue weighted by Gasteiger charge is 2.20. The lowest BCUT2D eigenvalue weighted by Gasteiger charge is -2.04. The average Bonchev–Trinajstić information content (AvgIpc) is 2.68. The van der Waals surface area contributed by atoms with E-state index in [1.807, 2.05) is 13.8 Å². The molecule has 2 heterocycles. The summed E-state index contributed by atoms with van der Waals surface area (Å²) in [7, 11) is 0. The van der Waals surface area contributed by atoms with Crippen molar-refractivity contribution in [3.05, 3.63) is 17.0 Å². The fourth-order valence-corrected chi connectivity index (χ4v) is 1.29. The Hall–Kier alpha value is -1.69. The van der Waals surface area contributed by atoms with Crippen LogP contribution in [-0.4, -0.2) is 27.7 Å². The lowest BCUT2D eigenvalue weighted by molar-refractivity contribution is 0.0449. The molecule has 0 saturated heterocycles. The Balaban J connectivity index is 2.29. The fraction of sp³-hybridized carbons (Fsp3) is 0.400. The summed E-state index contributed by atoms with van der Waals surface area (Å²) in [5.41, 5.74) is 0.368. The Morgan fingerprint density at radius 1 is 1.59 bits per heavy atom. The van der Waals surface area contributed by atoms with Crippen LogP contribution in [0.1, 0.15) is 24.3 Å². The minimum atomic E-state index is -0.589. The van der Waals surface area contributed by atoms with Crippen molar-refractivity contribution in [3.8, 4) is 0 Å². The van der Waals surface area contributed by atoms with Crippen LogP contribution in [0.3, 0.4) is 0 Å². The number of halogens is 1. The highest BCUT2D eigenvalue weighted by Crippen LogP contribution is 2.17. The molecule has 0 N–H and O–H groups in total. The highest BCUT2D eigenvalue weighted by atomic mass is 35.5. The monoisotopic (exact) mass is 255 g/mol. The van der Waals surface area contributed by atoms with E-state index in [-0.39, 0.29) is 28.0 Å². The van der Waals surface area contributed by atoms with Gasteiger partial charge in [0.25, 0.3) is 5.71 Å². The van der Waals surface area contributed by atoms with Crippen LogP contribution in [0.25, 0.3) is 11.2 Å². The number of ether oxygens (including phenoxy) is 1.